The molecule has 106 valence electrons. The molecule has 1 fully saturated rings. The molecule has 1 N–H and O–H groups in total. The van der Waals surface area contributed by atoms with Gasteiger partial charge in [0.15, 0.2) is 0 Å². The zero-order valence-corrected chi connectivity index (χ0v) is 13.6. The van der Waals surface area contributed by atoms with Gasteiger partial charge in [-0.25, -0.2) is 0 Å². The Morgan fingerprint density at radius 2 is 1.89 bits per heavy atom. The smallest absolute Gasteiger partial charge is 0.0922 e. The number of hydrogen-bond donors (Lipinski definition) is 1. The topological polar surface area (TPSA) is 20.2 Å². The number of rotatable bonds is 4. The van der Waals surface area contributed by atoms with Gasteiger partial charge in [-0.05, 0) is 48.8 Å². The molecule has 19 heavy (non-hydrogen) atoms. The van der Waals surface area contributed by atoms with Crippen molar-refractivity contribution in [1.29, 1.82) is 0 Å². The van der Waals surface area contributed by atoms with Crippen molar-refractivity contribution >= 4 is 15.9 Å². The lowest BCUT2D eigenvalue weighted by atomic mass is 9.69. The molecule has 0 bridgehead atoms. The van der Waals surface area contributed by atoms with E-state index in [9.17, 15) is 5.11 Å². The lowest BCUT2D eigenvalue weighted by molar-refractivity contribution is -0.0475. The van der Waals surface area contributed by atoms with Gasteiger partial charge < -0.3 is 5.11 Å². The van der Waals surface area contributed by atoms with Gasteiger partial charge in [-0.1, -0.05) is 61.2 Å². The number of halogens is 1. The summed E-state index contributed by atoms with van der Waals surface area (Å²) in [6, 6.07) is 8.20. The minimum atomic E-state index is -0.650. The summed E-state index contributed by atoms with van der Waals surface area (Å²) in [4.78, 5) is 0. The largest absolute Gasteiger partial charge is 0.385 e. The number of benzene rings is 1. The Morgan fingerprint density at radius 3 is 2.42 bits per heavy atom. The molecule has 0 aliphatic heterocycles. The van der Waals surface area contributed by atoms with Crippen LogP contribution < -0.4 is 0 Å². The number of hydrogen-bond acceptors (Lipinski definition) is 1. The van der Waals surface area contributed by atoms with Gasteiger partial charge in [0.25, 0.3) is 0 Å². The zero-order chi connectivity index (χ0) is 13.9. The molecule has 0 spiro atoms. The fourth-order valence-electron chi connectivity index (χ4n) is 3.53. The van der Waals surface area contributed by atoms with E-state index in [1.54, 1.807) is 0 Å². The first-order valence-corrected chi connectivity index (χ1v) is 8.37. The van der Waals surface area contributed by atoms with Crippen LogP contribution in [0.3, 0.4) is 0 Å². The molecule has 0 heterocycles. The SMILES string of the molecule is CCC1CCC(C(O)(CC)c2cccc(Br)c2)CC1. The highest BCUT2D eigenvalue weighted by atomic mass is 79.9. The fraction of sp³-hybridized carbons (Fsp3) is 0.647. The Bertz CT molecular complexity index is 409. The average Bonchev–Trinajstić information content (AvgIpc) is 2.46. The highest BCUT2D eigenvalue weighted by Gasteiger charge is 2.38. The maximum Gasteiger partial charge on any atom is 0.0922 e. The normalized spacial score (nSPS) is 26.9. The van der Waals surface area contributed by atoms with Crippen LogP contribution in [0, 0.1) is 11.8 Å². The van der Waals surface area contributed by atoms with Crippen LogP contribution in [-0.2, 0) is 5.60 Å². The molecule has 0 aromatic heterocycles. The lowest BCUT2D eigenvalue weighted by Gasteiger charge is -2.40. The molecule has 1 saturated carbocycles. The molecule has 0 radical (unpaired) electrons. The van der Waals surface area contributed by atoms with Gasteiger partial charge in [-0.3, -0.25) is 0 Å². The predicted molar refractivity (Wildman–Crippen MR) is 84.1 cm³/mol. The first kappa shape index (κ1) is 15.1. The van der Waals surface area contributed by atoms with E-state index in [4.69, 9.17) is 0 Å². The summed E-state index contributed by atoms with van der Waals surface area (Å²) in [5.74, 6) is 1.29. The Morgan fingerprint density at radius 1 is 1.21 bits per heavy atom. The average molecular weight is 325 g/mol. The van der Waals surface area contributed by atoms with E-state index in [-0.39, 0.29) is 0 Å². The van der Waals surface area contributed by atoms with E-state index >= 15 is 0 Å². The molecule has 2 rings (SSSR count). The molecule has 2 heteroatoms. The number of aliphatic hydroxyl groups is 1. The van der Waals surface area contributed by atoms with Gasteiger partial charge in [0.2, 0.25) is 0 Å². The first-order chi connectivity index (χ1) is 9.10. The maximum absolute atomic E-state index is 11.2. The second-order valence-electron chi connectivity index (χ2n) is 5.91. The van der Waals surface area contributed by atoms with Crippen molar-refractivity contribution in [1.82, 2.24) is 0 Å². The standard InChI is InChI=1S/C17H25BrO/c1-3-13-8-10-14(11-9-13)17(19,4-2)15-6-5-7-16(18)12-15/h5-7,12-14,19H,3-4,8-11H2,1-2H3. The van der Waals surface area contributed by atoms with Crippen LogP contribution in [0.5, 0.6) is 0 Å². The Hall–Kier alpha value is -0.340. The van der Waals surface area contributed by atoms with E-state index in [2.05, 4.69) is 41.9 Å². The third-order valence-corrected chi connectivity index (χ3v) is 5.46. The Balaban J connectivity index is 2.18. The fourth-order valence-corrected chi connectivity index (χ4v) is 3.93. The third-order valence-electron chi connectivity index (χ3n) is 4.96. The van der Waals surface area contributed by atoms with Crippen LogP contribution in [0.25, 0.3) is 0 Å². The van der Waals surface area contributed by atoms with Gasteiger partial charge in [-0.15, -0.1) is 0 Å². The molecule has 1 aliphatic rings. The van der Waals surface area contributed by atoms with E-state index < -0.39 is 5.60 Å². The van der Waals surface area contributed by atoms with E-state index in [1.807, 2.05) is 12.1 Å². The van der Waals surface area contributed by atoms with Crippen molar-refractivity contribution in [3.63, 3.8) is 0 Å². The molecule has 1 atom stereocenters. The van der Waals surface area contributed by atoms with Gasteiger partial charge >= 0.3 is 0 Å². The summed E-state index contributed by atoms with van der Waals surface area (Å²) in [5.41, 5.74) is 0.423. The van der Waals surface area contributed by atoms with Crippen molar-refractivity contribution in [3.05, 3.63) is 34.3 Å². The zero-order valence-electron chi connectivity index (χ0n) is 12.0. The highest BCUT2D eigenvalue weighted by Crippen LogP contribution is 2.43. The second kappa shape index (κ2) is 6.41. The van der Waals surface area contributed by atoms with Crippen molar-refractivity contribution < 1.29 is 5.11 Å². The molecule has 1 aromatic carbocycles. The summed E-state index contributed by atoms with van der Waals surface area (Å²) in [6.07, 6.45) is 6.96. The van der Waals surface area contributed by atoms with Crippen LogP contribution in [-0.4, -0.2) is 5.11 Å². The summed E-state index contributed by atoms with van der Waals surface area (Å²) in [6.45, 7) is 4.39. The van der Waals surface area contributed by atoms with Crippen molar-refractivity contribution in [2.24, 2.45) is 11.8 Å². The quantitative estimate of drug-likeness (QED) is 0.800. The van der Waals surface area contributed by atoms with Gasteiger partial charge in [-0.2, -0.15) is 0 Å². The Labute approximate surface area is 125 Å². The predicted octanol–water partition coefficient (Wildman–Crippen LogP) is 5.26. The molecule has 1 nitrogen and oxygen atoms in total. The molecule has 0 saturated heterocycles. The van der Waals surface area contributed by atoms with E-state index in [1.165, 1.54) is 19.3 Å². The van der Waals surface area contributed by atoms with Gasteiger partial charge in [0.1, 0.15) is 0 Å². The van der Waals surface area contributed by atoms with E-state index in [0.717, 1.165) is 35.2 Å². The second-order valence-corrected chi connectivity index (χ2v) is 6.83. The molecular weight excluding hydrogens is 300 g/mol. The van der Waals surface area contributed by atoms with Crippen LogP contribution >= 0.6 is 15.9 Å². The highest BCUT2D eigenvalue weighted by molar-refractivity contribution is 9.10. The summed E-state index contributed by atoms with van der Waals surface area (Å²) in [7, 11) is 0. The monoisotopic (exact) mass is 324 g/mol. The Kier molecular flexibility index (Phi) is 5.08. The minimum Gasteiger partial charge on any atom is -0.385 e. The van der Waals surface area contributed by atoms with Crippen molar-refractivity contribution in [2.45, 2.75) is 58.0 Å². The van der Waals surface area contributed by atoms with Crippen LogP contribution in [0.2, 0.25) is 0 Å². The van der Waals surface area contributed by atoms with Crippen LogP contribution in [0.4, 0.5) is 0 Å². The third kappa shape index (κ3) is 3.22. The van der Waals surface area contributed by atoms with Gasteiger partial charge in [0, 0.05) is 4.47 Å². The van der Waals surface area contributed by atoms with Crippen LogP contribution in [0.15, 0.2) is 28.7 Å². The van der Waals surface area contributed by atoms with Gasteiger partial charge in [0.05, 0.1) is 5.60 Å². The van der Waals surface area contributed by atoms with Crippen molar-refractivity contribution in [3.8, 4) is 0 Å². The summed E-state index contributed by atoms with van der Waals surface area (Å²) >= 11 is 3.52. The summed E-state index contributed by atoms with van der Waals surface area (Å²) < 4.78 is 1.05. The molecular formula is C17H25BrO. The molecule has 1 unspecified atom stereocenters. The summed E-state index contributed by atoms with van der Waals surface area (Å²) in [5, 5.41) is 11.2. The maximum atomic E-state index is 11.2. The lowest BCUT2D eigenvalue weighted by Crippen LogP contribution is -2.37. The minimum absolute atomic E-state index is 0.412. The van der Waals surface area contributed by atoms with Crippen molar-refractivity contribution in [2.75, 3.05) is 0 Å². The van der Waals surface area contributed by atoms with Crippen LogP contribution in [0.1, 0.15) is 57.9 Å². The van der Waals surface area contributed by atoms with E-state index in [0.29, 0.717) is 5.92 Å². The molecule has 0 amide bonds. The first-order valence-electron chi connectivity index (χ1n) is 7.58. The molecule has 1 aliphatic carbocycles. The molecule has 1 aromatic rings.